The van der Waals surface area contributed by atoms with Gasteiger partial charge in [-0.3, -0.25) is 4.79 Å². The van der Waals surface area contributed by atoms with Gasteiger partial charge >= 0.3 is 5.97 Å². The molecule has 1 rings (SSSR count). The molecule has 0 spiro atoms. The SMILES string of the molecule is COC(=O)[C@@H](N)Cc1cccc(S(C)(=N)=O)c1. The lowest BCUT2D eigenvalue weighted by molar-refractivity contribution is -0.142. The Kier molecular flexibility index (Phi) is 4.25. The molecule has 0 aliphatic heterocycles. The van der Waals surface area contributed by atoms with E-state index in [1.807, 2.05) is 0 Å². The van der Waals surface area contributed by atoms with Gasteiger partial charge in [-0.2, -0.15) is 0 Å². The molecule has 0 aromatic heterocycles. The van der Waals surface area contributed by atoms with Gasteiger partial charge in [0.15, 0.2) is 0 Å². The lowest BCUT2D eigenvalue weighted by Gasteiger charge is -2.10. The molecule has 0 amide bonds. The van der Waals surface area contributed by atoms with Crippen molar-refractivity contribution in [2.45, 2.75) is 17.4 Å². The molecule has 1 aromatic carbocycles. The number of hydrogen-bond donors (Lipinski definition) is 2. The monoisotopic (exact) mass is 256 g/mol. The van der Waals surface area contributed by atoms with Crippen LogP contribution in [-0.4, -0.2) is 29.6 Å². The number of carbonyl (C=O) groups is 1. The molecule has 0 fully saturated rings. The number of hydrogen-bond acceptors (Lipinski definition) is 5. The van der Waals surface area contributed by atoms with Crippen molar-refractivity contribution < 1.29 is 13.7 Å². The molecular weight excluding hydrogens is 240 g/mol. The lowest BCUT2D eigenvalue weighted by atomic mass is 10.1. The molecule has 1 unspecified atom stereocenters. The van der Waals surface area contributed by atoms with Crippen LogP contribution in [-0.2, 0) is 25.7 Å². The molecular formula is C11H16N2O3S. The van der Waals surface area contributed by atoms with Crippen molar-refractivity contribution in [2.24, 2.45) is 5.73 Å². The van der Waals surface area contributed by atoms with E-state index < -0.39 is 21.7 Å². The van der Waals surface area contributed by atoms with Gasteiger partial charge < -0.3 is 10.5 Å². The number of nitrogens with two attached hydrogens (primary N) is 1. The van der Waals surface area contributed by atoms with E-state index in [2.05, 4.69) is 4.74 Å². The Morgan fingerprint density at radius 1 is 1.59 bits per heavy atom. The molecule has 3 N–H and O–H groups in total. The molecule has 0 aliphatic rings. The van der Waals surface area contributed by atoms with E-state index in [-0.39, 0.29) is 0 Å². The number of carbonyl (C=O) groups excluding carboxylic acids is 1. The summed E-state index contributed by atoms with van der Waals surface area (Å²) in [5.74, 6) is -0.487. The molecule has 2 atom stereocenters. The fourth-order valence-corrected chi connectivity index (χ4v) is 2.12. The standard InChI is InChI=1S/C11H16N2O3S/c1-16-11(14)10(12)7-8-4-3-5-9(6-8)17(2,13)15/h3-6,10,13H,7,12H2,1-2H3/t10-,17?/m0/s1. The van der Waals surface area contributed by atoms with Crippen molar-refractivity contribution in [1.82, 2.24) is 0 Å². The van der Waals surface area contributed by atoms with Crippen LogP contribution in [0, 0.1) is 4.78 Å². The first-order chi connectivity index (χ1) is 7.84. The van der Waals surface area contributed by atoms with Crippen molar-refractivity contribution in [1.29, 1.82) is 4.78 Å². The predicted octanol–water partition coefficient (Wildman–Crippen LogP) is 0.765. The van der Waals surface area contributed by atoms with Gasteiger partial charge in [-0.15, -0.1) is 0 Å². The van der Waals surface area contributed by atoms with E-state index in [1.54, 1.807) is 24.3 Å². The summed E-state index contributed by atoms with van der Waals surface area (Å²) >= 11 is 0. The molecule has 0 aliphatic carbocycles. The van der Waals surface area contributed by atoms with Gasteiger partial charge in [0.1, 0.15) is 6.04 Å². The molecule has 6 heteroatoms. The van der Waals surface area contributed by atoms with Crippen LogP contribution in [0.2, 0.25) is 0 Å². The normalized spacial score (nSPS) is 15.9. The van der Waals surface area contributed by atoms with Crippen LogP contribution in [0.25, 0.3) is 0 Å². The smallest absolute Gasteiger partial charge is 0.322 e. The summed E-state index contributed by atoms with van der Waals surface area (Å²) in [6.07, 6.45) is 1.66. The third kappa shape index (κ3) is 3.83. The van der Waals surface area contributed by atoms with Crippen molar-refractivity contribution >= 4 is 15.7 Å². The highest BCUT2D eigenvalue weighted by Crippen LogP contribution is 2.13. The number of esters is 1. The Balaban J connectivity index is 2.90. The van der Waals surface area contributed by atoms with Gasteiger partial charge in [0.05, 0.1) is 16.8 Å². The number of methoxy groups -OCH3 is 1. The summed E-state index contributed by atoms with van der Waals surface area (Å²) in [5, 5.41) is 0. The Labute approximate surface area is 101 Å². The van der Waals surface area contributed by atoms with Crippen molar-refractivity contribution in [2.75, 3.05) is 13.4 Å². The molecule has 94 valence electrons. The van der Waals surface area contributed by atoms with E-state index in [0.717, 1.165) is 5.56 Å². The van der Waals surface area contributed by atoms with Gasteiger partial charge in [-0.05, 0) is 24.1 Å². The van der Waals surface area contributed by atoms with Crippen molar-refractivity contribution in [3.8, 4) is 0 Å². The highest BCUT2D eigenvalue weighted by atomic mass is 32.2. The molecule has 0 bridgehead atoms. The zero-order chi connectivity index (χ0) is 13.1. The molecule has 1 aromatic rings. The van der Waals surface area contributed by atoms with Gasteiger partial charge in [-0.1, -0.05) is 12.1 Å². The van der Waals surface area contributed by atoms with Gasteiger partial charge in [0.25, 0.3) is 0 Å². The second-order valence-corrected chi connectivity index (χ2v) is 5.98. The van der Waals surface area contributed by atoms with E-state index in [4.69, 9.17) is 10.5 Å². The average molecular weight is 256 g/mol. The Hall–Kier alpha value is -1.40. The first-order valence-corrected chi connectivity index (χ1v) is 6.97. The molecule has 0 saturated heterocycles. The second kappa shape index (κ2) is 5.29. The van der Waals surface area contributed by atoms with Crippen molar-refractivity contribution in [3.63, 3.8) is 0 Å². The van der Waals surface area contributed by atoms with E-state index in [0.29, 0.717) is 11.3 Å². The lowest BCUT2D eigenvalue weighted by Crippen LogP contribution is -2.33. The molecule has 0 saturated carbocycles. The van der Waals surface area contributed by atoms with Crippen LogP contribution in [0.1, 0.15) is 5.56 Å². The van der Waals surface area contributed by atoms with Crippen LogP contribution < -0.4 is 5.73 Å². The molecule has 5 nitrogen and oxygen atoms in total. The van der Waals surface area contributed by atoms with Crippen LogP contribution in [0.3, 0.4) is 0 Å². The number of rotatable bonds is 4. The Bertz CT molecular complexity index is 511. The maximum absolute atomic E-state index is 11.6. The number of benzene rings is 1. The summed E-state index contributed by atoms with van der Waals surface area (Å²) in [4.78, 5) is 11.6. The van der Waals surface area contributed by atoms with Crippen LogP contribution >= 0.6 is 0 Å². The average Bonchev–Trinajstić information content (AvgIpc) is 2.27. The number of nitrogens with one attached hydrogen (secondary N) is 1. The zero-order valence-corrected chi connectivity index (χ0v) is 10.6. The predicted molar refractivity (Wildman–Crippen MR) is 65.2 cm³/mol. The number of ether oxygens (including phenoxy) is 1. The minimum absolute atomic E-state index is 0.302. The highest BCUT2D eigenvalue weighted by Gasteiger charge is 2.14. The summed E-state index contributed by atoms with van der Waals surface area (Å²) in [7, 11) is -1.46. The molecule has 17 heavy (non-hydrogen) atoms. The third-order valence-corrected chi connectivity index (χ3v) is 3.46. The van der Waals surface area contributed by atoms with E-state index >= 15 is 0 Å². The fourth-order valence-electron chi connectivity index (χ4n) is 1.40. The Morgan fingerprint density at radius 2 is 2.24 bits per heavy atom. The molecule has 0 heterocycles. The van der Waals surface area contributed by atoms with Gasteiger partial charge in [0.2, 0.25) is 0 Å². The molecule has 0 radical (unpaired) electrons. The summed E-state index contributed by atoms with van der Waals surface area (Å²) in [6.45, 7) is 0. The van der Waals surface area contributed by atoms with Gasteiger partial charge in [0, 0.05) is 11.2 Å². The first kappa shape index (κ1) is 13.7. The van der Waals surface area contributed by atoms with Crippen LogP contribution in [0.5, 0.6) is 0 Å². The first-order valence-electron chi connectivity index (χ1n) is 5.00. The summed E-state index contributed by atoms with van der Waals surface area (Å²) < 4.78 is 23.6. The maximum atomic E-state index is 11.6. The second-order valence-electron chi connectivity index (χ2n) is 3.82. The Morgan fingerprint density at radius 3 is 2.76 bits per heavy atom. The van der Waals surface area contributed by atoms with E-state index in [9.17, 15) is 9.00 Å². The van der Waals surface area contributed by atoms with Crippen molar-refractivity contribution in [3.05, 3.63) is 29.8 Å². The summed E-state index contributed by atoms with van der Waals surface area (Å²) in [5.41, 5.74) is 6.39. The third-order valence-electron chi connectivity index (χ3n) is 2.31. The quantitative estimate of drug-likeness (QED) is 0.778. The minimum atomic E-state index is -2.74. The zero-order valence-electron chi connectivity index (χ0n) is 9.80. The highest BCUT2D eigenvalue weighted by molar-refractivity contribution is 7.91. The van der Waals surface area contributed by atoms with Crippen LogP contribution in [0.4, 0.5) is 0 Å². The fraction of sp³-hybridized carbons (Fsp3) is 0.364. The van der Waals surface area contributed by atoms with E-state index in [1.165, 1.54) is 13.4 Å². The van der Waals surface area contributed by atoms with Gasteiger partial charge in [-0.25, -0.2) is 8.99 Å². The summed E-state index contributed by atoms with van der Waals surface area (Å²) in [6, 6.07) is 6.00. The minimum Gasteiger partial charge on any atom is -0.468 e. The van der Waals surface area contributed by atoms with Crippen LogP contribution in [0.15, 0.2) is 29.2 Å². The maximum Gasteiger partial charge on any atom is 0.322 e. The largest absolute Gasteiger partial charge is 0.468 e. The topological polar surface area (TPSA) is 93.2 Å².